The topological polar surface area (TPSA) is 16.4 Å². The van der Waals surface area contributed by atoms with Crippen LogP contribution in [0.1, 0.15) is 49.7 Å². The molecule has 4 fully saturated rings. The van der Waals surface area contributed by atoms with Crippen LogP contribution in [0.3, 0.4) is 0 Å². The molecule has 0 aliphatic heterocycles. The number of hydrogen-bond donors (Lipinski definition) is 0. The van der Waals surface area contributed by atoms with E-state index in [9.17, 15) is 0 Å². The van der Waals surface area contributed by atoms with E-state index in [0.717, 1.165) is 50.8 Å². The second-order valence-electron chi connectivity index (χ2n) is 20.0. The summed E-state index contributed by atoms with van der Waals surface area (Å²) in [4.78, 5) is 2.40. The van der Waals surface area contributed by atoms with Crippen molar-refractivity contribution < 1.29 is 4.42 Å². The van der Waals surface area contributed by atoms with Crippen molar-refractivity contribution in [2.75, 3.05) is 4.90 Å². The lowest BCUT2D eigenvalue weighted by molar-refractivity contribution is 0.0621. The van der Waals surface area contributed by atoms with Crippen molar-refractivity contribution in [2.45, 2.75) is 43.9 Å². The quantitative estimate of drug-likeness (QED) is 0.159. The molecule has 9 aromatic carbocycles. The molecular formula is C65H51NO. The van der Waals surface area contributed by atoms with Crippen LogP contribution in [-0.4, -0.2) is 0 Å². The van der Waals surface area contributed by atoms with E-state index in [1.165, 1.54) is 94.2 Å². The maximum Gasteiger partial charge on any atom is 0.136 e. The first-order chi connectivity index (χ1) is 33.2. The number of furan rings is 1. The van der Waals surface area contributed by atoms with E-state index in [-0.39, 0.29) is 5.41 Å². The van der Waals surface area contributed by atoms with E-state index in [1.807, 2.05) is 0 Å². The second-order valence-corrected chi connectivity index (χ2v) is 20.0. The summed E-state index contributed by atoms with van der Waals surface area (Å²) in [6, 6.07) is 78.6. The predicted octanol–water partition coefficient (Wildman–Crippen LogP) is 17.8. The molecular weight excluding hydrogens is 811 g/mol. The molecule has 0 amide bonds. The van der Waals surface area contributed by atoms with E-state index in [4.69, 9.17) is 4.42 Å². The fraction of sp³-hybridized carbons (Fsp3) is 0.169. The zero-order valence-corrected chi connectivity index (χ0v) is 37.6. The molecule has 1 spiro atoms. The lowest BCUT2D eigenvalue weighted by Gasteiger charge is -2.53. The third kappa shape index (κ3) is 6.08. The summed E-state index contributed by atoms with van der Waals surface area (Å²) in [5.74, 6) is 3.17. The molecule has 0 radical (unpaired) electrons. The van der Waals surface area contributed by atoms with Gasteiger partial charge in [-0.25, -0.2) is 0 Å². The highest BCUT2D eigenvalue weighted by Crippen LogP contribution is 2.69. The molecule has 2 nitrogen and oxygen atoms in total. The van der Waals surface area contributed by atoms with E-state index in [2.05, 4.69) is 217 Å². The monoisotopic (exact) mass is 861 g/mol. The zero-order chi connectivity index (χ0) is 44.1. The normalized spacial score (nSPS) is 21.1. The SMILES string of the molecule is c1ccc(-c2ccc(N(c3ccc(-c4ccccc4)c(-c4ccccc4)c3)c3ccc4oc5cc(-c6cccc7c6C6(c8ccccc8-7)C7CCC8CC(C7)CC6C8)ccc5c4c3)cc2)cc1. The van der Waals surface area contributed by atoms with Gasteiger partial charge in [0.25, 0.3) is 0 Å². The van der Waals surface area contributed by atoms with Gasteiger partial charge in [0.05, 0.1) is 0 Å². The lowest BCUT2D eigenvalue weighted by Crippen LogP contribution is -2.48. The number of fused-ring (bicyclic) bond motifs is 7. The van der Waals surface area contributed by atoms with Crippen LogP contribution < -0.4 is 4.90 Å². The Morgan fingerprint density at radius 2 is 0.970 bits per heavy atom. The van der Waals surface area contributed by atoms with Gasteiger partial charge in [-0.1, -0.05) is 164 Å². The fourth-order valence-electron chi connectivity index (χ4n) is 13.9. The van der Waals surface area contributed by atoms with Crippen molar-refractivity contribution in [3.05, 3.63) is 223 Å². The molecule has 0 N–H and O–H groups in total. The van der Waals surface area contributed by atoms with Crippen LogP contribution in [0.25, 0.3) is 77.6 Å². The van der Waals surface area contributed by atoms with Crippen LogP contribution in [0, 0.1) is 23.7 Å². The Morgan fingerprint density at radius 1 is 0.358 bits per heavy atom. The number of hydrogen-bond acceptors (Lipinski definition) is 2. The molecule has 10 aromatic rings. The average molecular weight is 862 g/mol. The van der Waals surface area contributed by atoms with E-state index in [0.29, 0.717) is 11.8 Å². The van der Waals surface area contributed by atoms with Gasteiger partial charge in [-0.3, -0.25) is 0 Å². The smallest absolute Gasteiger partial charge is 0.136 e. The molecule has 5 aliphatic carbocycles. The Bertz CT molecular complexity index is 3490. The molecule has 2 heteroatoms. The van der Waals surface area contributed by atoms with Crippen molar-refractivity contribution in [3.63, 3.8) is 0 Å². The Hall–Kier alpha value is -7.42. The van der Waals surface area contributed by atoms with E-state index < -0.39 is 0 Å². The Morgan fingerprint density at radius 3 is 1.78 bits per heavy atom. The highest BCUT2D eigenvalue weighted by atomic mass is 16.3. The molecule has 5 atom stereocenters. The Balaban J connectivity index is 0.910. The van der Waals surface area contributed by atoms with Crippen molar-refractivity contribution in [3.8, 4) is 55.6 Å². The van der Waals surface area contributed by atoms with E-state index >= 15 is 0 Å². The second kappa shape index (κ2) is 15.3. The van der Waals surface area contributed by atoms with Gasteiger partial charge < -0.3 is 9.32 Å². The third-order valence-corrected chi connectivity index (χ3v) is 16.6. The van der Waals surface area contributed by atoms with Gasteiger partial charge in [0.1, 0.15) is 11.2 Å². The van der Waals surface area contributed by atoms with Gasteiger partial charge in [0.2, 0.25) is 0 Å². The summed E-state index contributed by atoms with van der Waals surface area (Å²) < 4.78 is 6.88. The van der Waals surface area contributed by atoms with Crippen LogP contribution in [0.4, 0.5) is 17.1 Å². The minimum Gasteiger partial charge on any atom is -0.456 e. The summed E-state index contributed by atoms with van der Waals surface area (Å²) >= 11 is 0. The van der Waals surface area contributed by atoms with Crippen molar-refractivity contribution in [1.82, 2.24) is 0 Å². The van der Waals surface area contributed by atoms with Crippen LogP contribution in [-0.2, 0) is 5.41 Å². The predicted molar refractivity (Wildman–Crippen MR) is 278 cm³/mol. The number of anilines is 3. The Kier molecular flexibility index (Phi) is 8.88. The summed E-state index contributed by atoms with van der Waals surface area (Å²) in [7, 11) is 0. The highest BCUT2D eigenvalue weighted by Gasteiger charge is 2.60. The molecule has 1 heterocycles. The van der Waals surface area contributed by atoms with Gasteiger partial charge in [-0.15, -0.1) is 0 Å². The number of benzene rings is 9. The number of nitrogens with zero attached hydrogens (tertiary/aromatic N) is 1. The van der Waals surface area contributed by atoms with Gasteiger partial charge >= 0.3 is 0 Å². The average Bonchev–Trinajstić information content (AvgIpc) is 3.82. The Labute approximate surface area is 393 Å². The molecule has 5 unspecified atom stereocenters. The number of rotatable bonds is 7. The summed E-state index contributed by atoms with van der Waals surface area (Å²) in [6.45, 7) is 0. The zero-order valence-electron chi connectivity index (χ0n) is 37.6. The largest absolute Gasteiger partial charge is 0.456 e. The molecule has 0 saturated heterocycles. The van der Waals surface area contributed by atoms with Crippen LogP contribution >= 0.6 is 0 Å². The van der Waals surface area contributed by atoms with Crippen LogP contribution in [0.2, 0.25) is 0 Å². The van der Waals surface area contributed by atoms with E-state index in [1.54, 1.807) is 11.1 Å². The lowest BCUT2D eigenvalue weighted by atomic mass is 9.50. The summed E-state index contributed by atoms with van der Waals surface area (Å²) in [5.41, 5.74) is 21.2. The van der Waals surface area contributed by atoms with Crippen LogP contribution in [0.15, 0.2) is 217 Å². The molecule has 15 rings (SSSR count). The maximum atomic E-state index is 6.88. The molecule has 4 saturated carbocycles. The fourth-order valence-corrected chi connectivity index (χ4v) is 13.9. The van der Waals surface area contributed by atoms with Crippen molar-refractivity contribution in [2.24, 2.45) is 23.7 Å². The molecule has 5 aliphatic rings. The first-order valence-electron chi connectivity index (χ1n) is 24.6. The molecule has 67 heavy (non-hydrogen) atoms. The van der Waals surface area contributed by atoms with Crippen molar-refractivity contribution in [1.29, 1.82) is 0 Å². The van der Waals surface area contributed by atoms with Gasteiger partial charge in [0, 0.05) is 33.2 Å². The van der Waals surface area contributed by atoms with Gasteiger partial charge in [-0.2, -0.15) is 0 Å². The van der Waals surface area contributed by atoms with Crippen molar-refractivity contribution >= 4 is 39.0 Å². The molecule has 4 bridgehead atoms. The minimum absolute atomic E-state index is 0.0777. The first kappa shape index (κ1) is 38.8. The standard InChI is InChI=1S/C65H51NO/c1-4-13-44(14-5-1)45-24-28-51(29-25-45)66(52-30-33-54(46-15-6-2-7-16-46)59(40-52)47-17-8-3-9-18-47)53-31-34-62-60(41-53)57-32-26-48(39-63(57)67-62)55-20-12-21-58-56-19-10-11-22-61(56)65(64(55)58)49-27-23-42-35-43(37-49)38-50(65)36-42/h1-22,24-26,28-34,39-43,49-50H,23,27,35-38H2. The van der Waals surface area contributed by atoms with Gasteiger partial charge in [0.15, 0.2) is 0 Å². The van der Waals surface area contributed by atoms with Gasteiger partial charge in [-0.05, 0) is 177 Å². The maximum absolute atomic E-state index is 6.88. The summed E-state index contributed by atoms with van der Waals surface area (Å²) in [6.07, 6.45) is 8.33. The third-order valence-electron chi connectivity index (χ3n) is 16.6. The molecule has 322 valence electrons. The first-order valence-corrected chi connectivity index (χ1v) is 24.6. The summed E-state index contributed by atoms with van der Waals surface area (Å²) in [5, 5.41) is 2.26. The highest BCUT2D eigenvalue weighted by molar-refractivity contribution is 6.08. The van der Waals surface area contributed by atoms with Crippen LogP contribution in [0.5, 0.6) is 0 Å². The molecule has 1 aromatic heterocycles. The minimum atomic E-state index is 0.0777.